The molecule has 0 aromatic heterocycles. The highest BCUT2D eigenvalue weighted by Crippen LogP contribution is 2.34. The van der Waals surface area contributed by atoms with Gasteiger partial charge >= 0.3 is 5.97 Å². The summed E-state index contributed by atoms with van der Waals surface area (Å²) in [6.45, 7) is 2.43. The van der Waals surface area contributed by atoms with Crippen LogP contribution in [0.5, 0.6) is 11.5 Å². The zero-order chi connectivity index (χ0) is 15.2. The predicted molar refractivity (Wildman–Crippen MR) is 86.9 cm³/mol. The van der Waals surface area contributed by atoms with Gasteiger partial charge in [-0.25, -0.2) is 0 Å². The summed E-state index contributed by atoms with van der Waals surface area (Å²) in [7, 11) is 0. The Bertz CT molecular complexity index is 489. The van der Waals surface area contributed by atoms with Crippen molar-refractivity contribution in [2.75, 3.05) is 6.61 Å². The summed E-state index contributed by atoms with van der Waals surface area (Å²) in [6, 6.07) is 4.91. The first-order valence-electron chi connectivity index (χ1n) is 7.51. The van der Waals surface area contributed by atoms with E-state index in [0.29, 0.717) is 12.4 Å². The van der Waals surface area contributed by atoms with E-state index in [4.69, 9.17) is 20.3 Å². The van der Waals surface area contributed by atoms with Gasteiger partial charge in [0.05, 0.1) is 19.1 Å². The fourth-order valence-corrected chi connectivity index (χ4v) is 2.61. The minimum atomic E-state index is -0.910. The molecule has 1 unspecified atom stereocenters. The maximum atomic E-state index is 10.8. The van der Waals surface area contributed by atoms with Gasteiger partial charge in [0, 0.05) is 6.04 Å². The van der Waals surface area contributed by atoms with Crippen LogP contribution < -0.4 is 15.2 Å². The number of carboxylic acid groups (broad SMARTS) is 1. The number of aliphatic carboxylic acids is 1. The second kappa shape index (κ2) is 8.86. The Kier molecular flexibility index (Phi) is 7.48. The summed E-state index contributed by atoms with van der Waals surface area (Å²) in [5.41, 5.74) is 6.65. The summed E-state index contributed by atoms with van der Waals surface area (Å²) in [5.74, 6) is 0.449. The zero-order valence-electron chi connectivity index (χ0n) is 12.8. The molecule has 2 rings (SSSR count). The number of nitrogens with two attached hydrogens (primary N) is 1. The lowest BCUT2D eigenvalue weighted by Crippen LogP contribution is -2.16. The van der Waals surface area contributed by atoms with Crippen LogP contribution in [0.3, 0.4) is 0 Å². The molecule has 3 N–H and O–H groups in total. The lowest BCUT2D eigenvalue weighted by Gasteiger charge is -2.18. The number of halogens is 1. The summed E-state index contributed by atoms with van der Waals surface area (Å²) >= 11 is 0. The van der Waals surface area contributed by atoms with Gasteiger partial charge in [0.1, 0.15) is 0 Å². The summed E-state index contributed by atoms with van der Waals surface area (Å²) in [4.78, 5) is 10.8. The molecule has 0 bridgehead atoms. The normalized spacial score (nSPS) is 15.9. The van der Waals surface area contributed by atoms with E-state index >= 15 is 0 Å². The molecule has 1 aromatic carbocycles. The van der Waals surface area contributed by atoms with Gasteiger partial charge in [-0.3, -0.25) is 4.79 Å². The number of rotatable bonds is 7. The fraction of sp³-hybridized carbons (Fsp3) is 0.562. The highest BCUT2D eigenvalue weighted by Gasteiger charge is 2.19. The van der Waals surface area contributed by atoms with Crippen molar-refractivity contribution in [3.8, 4) is 11.5 Å². The molecule has 1 aliphatic carbocycles. The second-order valence-corrected chi connectivity index (χ2v) is 5.37. The van der Waals surface area contributed by atoms with Crippen LogP contribution in [0.4, 0.5) is 0 Å². The molecule has 6 heteroatoms. The first kappa shape index (κ1) is 18.6. The van der Waals surface area contributed by atoms with Crippen molar-refractivity contribution in [2.45, 2.75) is 51.2 Å². The Hall–Kier alpha value is -1.46. The predicted octanol–water partition coefficient (Wildman–Crippen LogP) is 3.30. The van der Waals surface area contributed by atoms with Crippen LogP contribution in [0.1, 0.15) is 50.6 Å². The van der Waals surface area contributed by atoms with Crippen LogP contribution in [0.15, 0.2) is 18.2 Å². The largest absolute Gasteiger partial charge is 0.490 e. The molecule has 1 atom stereocenters. The maximum Gasteiger partial charge on any atom is 0.305 e. The summed E-state index contributed by atoms with van der Waals surface area (Å²) < 4.78 is 11.6. The Morgan fingerprint density at radius 3 is 2.64 bits per heavy atom. The van der Waals surface area contributed by atoms with Crippen LogP contribution in [0.25, 0.3) is 0 Å². The third kappa shape index (κ3) is 5.07. The second-order valence-electron chi connectivity index (χ2n) is 5.37. The minimum Gasteiger partial charge on any atom is -0.490 e. The molecule has 0 amide bonds. The molecule has 1 saturated carbocycles. The SMILES string of the molecule is CCOc1cc(C(N)CC(=O)O)ccc1OC1CCCC1.Cl. The zero-order valence-corrected chi connectivity index (χ0v) is 13.6. The third-order valence-electron chi connectivity index (χ3n) is 3.69. The van der Waals surface area contributed by atoms with Gasteiger partial charge in [0.25, 0.3) is 0 Å². The number of benzene rings is 1. The fourth-order valence-electron chi connectivity index (χ4n) is 2.61. The molecule has 0 aliphatic heterocycles. The highest BCUT2D eigenvalue weighted by molar-refractivity contribution is 5.85. The number of carbonyl (C=O) groups is 1. The summed E-state index contributed by atoms with van der Waals surface area (Å²) in [6.07, 6.45) is 4.71. The van der Waals surface area contributed by atoms with E-state index in [-0.39, 0.29) is 24.9 Å². The topological polar surface area (TPSA) is 81.8 Å². The van der Waals surface area contributed by atoms with Gasteiger partial charge in [-0.05, 0) is 50.3 Å². The van der Waals surface area contributed by atoms with E-state index in [1.165, 1.54) is 12.8 Å². The Morgan fingerprint density at radius 1 is 1.36 bits per heavy atom. The van der Waals surface area contributed by atoms with Crippen molar-refractivity contribution in [2.24, 2.45) is 5.73 Å². The molecule has 0 heterocycles. The monoisotopic (exact) mass is 329 g/mol. The number of hydrogen-bond donors (Lipinski definition) is 2. The van der Waals surface area contributed by atoms with Crippen LogP contribution in [0, 0.1) is 0 Å². The van der Waals surface area contributed by atoms with Crippen molar-refractivity contribution >= 4 is 18.4 Å². The standard InChI is InChI=1S/C16H23NO4.ClH/c1-2-20-15-9-11(13(17)10-16(18)19)7-8-14(15)21-12-5-3-4-6-12;/h7-9,12-13H,2-6,10,17H2,1H3,(H,18,19);1H. The minimum absolute atomic E-state index is 0. The first-order chi connectivity index (χ1) is 10.1. The number of ether oxygens (including phenoxy) is 2. The molecule has 1 aliphatic rings. The molecule has 5 nitrogen and oxygen atoms in total. The van der Waals surface area contributed by atoms with Crippen molar-refractivity contribution in [1.29, 1.82) is 0 Å². The maximum absolute atomic E-state index is 10.8. The first-order valence-corrected chi connectivity index (χ1v) is 7.51. The van der Waals surface area contributed by atoms with Gasteiger partial charge in [-0.1, -0.05) is 6.07 Å². The lowest BCUT2D eigenvalue weighted by atomic mass is 10.0. The lowest BCUT2D eigenvalue weighted by molar-refractivity contribution is -0.137. The average molecular weight is 330 g/mol. The van der Waals surface area contributed by atoms with E-state index in [9.17, 15) is 4.79 Å². The van der Waals surface area contributed by atoms with Gasteiger partial charge in [0.15, 0.2) is 11.5 Å². The smallest absolute Gasteiger partial charge is 0.305 e. The van der Waals surface area contributed by atoms with Gasteiger partial charge in [-0.15, -0.1) is 12.4 Å². The van der Waals surface area contributed by atoms with Gasteiger partial charge < -0.3 is 20.3 Å². The Labute approximate surface area is 137 Å². The molecule has 0 saturated heterocycles. The molecule has 22 heavy (non-hydrogen) atoms. The quantitative estimate of drug-likeness (QED) is 0.802. The van der Waals surface area contributed by atoms with Crippen LogP contribution >= 0.6 is 12.4 Å². The van der Waals surface area contributed by atoms with E-state index < -0.39 is 12.0 Å². The van der Waals surface area contributed by atoms with Crippen LogP contribution in [-0.4, -0.2) is 23.8 Å². The van der Waals surface area contributed by atoms with Crippen molar-refractivity contribution in [3.63, 3.8) is 0 Å². The van der Waals surface area contributed by atoms with Gasteiger partial charge in [-0.2, -0.15) is 0 Å². The van der Waals surface area contributed by atoms with E-state index in [0.717, 1.165) is 24.2 Å². The molecule has 1 fully saturated rings. The summed E-state index contributed by atoms with van der Waals surface area (Å²) in [5, 5.41) is 8.83. The van der Waals surface area contributed by atoms with Crippen molar-refractivity contribution < 1.29 is 19.4 Å². The molecule has 0 radical (unpaired) electrons. The van der Waals surface area contributed by atoms with Crippen molar-refractivity contribution in [3.05, 3.63) is 23.8 Å². The Morgan fingerprint density at radius 2 is 2.05 bits per heavy atom. The van der Waals surface area contributed by atoms with Crippen molar-refractivity contribution in [1.82, 2.24) is 0 Å². The van der Waals surface area contributed by atoms with E-state index in [2.05, 4.69) is 0 Å². The highest BCUT2D eigenvalue weighted by atomic mass is 35.5. The Balaban J connectivity index is 0.00000242. The van der Waals surface area contributed by atoms with Crippen LogP contribution in [0.2, 0.25) is 0 Å². The van der Waals surface area contributed by atoms with Crippen LogP contribution in [-0.2, 0) is 4.79 Å². The molecule has 0 spiro atoms. The molecule has 124 valence electrons. The average Bonchev–Trinajstić information content (AvgIpc) is 2.93. The third-order valence-corrected chi connectivity index (χ3v) is 3.69. The molecule has 1 aromatic rings. The number of carboxylic acids is 1. The van der Waals surface area contributed by atoms with E-state index in [1.807, 2.05) is 19.1 Å². The molecular formula is C16H24ClNO4. The number of hydrogen-bond acceptors (Lipinski definition) is 4. The van der Waals surface area contributed by atoms with E-state index in [1.54, 1.807) is 6.07 Å². The molecular weight excluding hydrogens is 306 g/mol. The van der Waals surface area contributed by atoms with Gasteiger partial charge in [0.2, 0.25) is 0 Å².